The van der Waals surface area contributed by atoms with Crippen molar-refractivity contribution in [3.05, 3.63) is 29.1 Å². The molecule has 3 nitrogen and oxygen atoms in total. The normalized spacial score (nSPS) is 9.77. The summed E-state index contributed by atoms with van der Waals surface area (Å²) in [5.41, 5.74) is 3.05. The van der Waals surface area contributed by atoms with Gasteiger partial charge in [0.2, 0.25) is 0 Å². The Morgan fingerprint density at radius 2 is 2.23 bits per heavy atom. The molecule has 3 heteroatoms. The van der Waals surface area contributed by atoms with E-state index in [1.54, 1.807) is 6.20 Å². The number of ether oxygens (including phenoxy) is 1. The zero-order valence-corrected chi connectivity index (χ0v) is 8.13. The van der Waals surface area contributed by atoms with E-state index in [1.807, 2.05) is 19.9 Å². The van der Waals surface area contributed by atoms with Gasteiger partial charge in [-0.15, -0.1) is 0 Å². The van der Waals surface area contributed by atoms with Gasteiger partial charge < -0.3 is 4.74 Å². The van der Waals surface area contributed by atoms with Gasteiger partial charge >= 0.3 is 5.97 Å². The lowest BCUT2D eigenvalue weighted by Gasteiger charge is -2.04. The van der Waals surface area contributed by atoms with Crippen LogP contribution >= 0.6 is 0 Å². The molecule has 70 valence electrons. The summed E-state index contributed by atoms with van der Waals surface area (Å²) in [5.74, 6) is -0.266. The second-order valence-corrected chi connectivity index (χ2v) is 3.03. The quantitative estimate of drug-likeness (QED) is 0.649. The molecule has 0 radical (unpaired) electrons. The Labute approximate surface area is 77.8 Å². The Hall–Kier alpha value is -1.38. The Morgan fingerprint density at radius 3 is 2.77 bits per heavy atom. The molecular weight excluding hydrogens is 166 g/mol. The molecule has 1 rings (SSSR count). The lowest BCUT2D eigenvalue weighted by molar-refractivity contribution is -0.142. The molecule has 0 N–H and O–H groups in total. The number of pyridine rings is 1. The number of hydrogen-bond donors (Lipinski definition) is 0. The van der Waals surface area contributed by atoms with Crippen LogP contribution in [0.4, 0.5) is 0 Å². The van der Waals surface area contributed by atoms with Gasteiger partial charge in [0, 0.05) is 24.4 Å². The van der Waals surface area contributed by atoms with Crippen molar-refractivity contribution in [2.24, 2.45) is 0 Å². The molecule has 0 aromatic carbocycles. The third-order valence-electron chi connectivity index (χ3n) is 1.84. The van der Waals surface area contributed by atoms with Gasteiger partial charge in [-0.3, -0.25) is 9.78 Å². The third-order valence-corrected chi connectivity index (χ3v) is 1.84. The predicted molar refractivity (Wildman–Crippen MR) is 49.2 cm³/mol. The minimum absolute atomic E-state index is 0.266. The standard InChI is InChI=1S/C10H13NO2/c1-7-4-10(5-11-8(7)2)6-13-9(3)12/h4-5H,6H2,1-3H3. The molecule has 1 aromatic rings. The van der Waals surface area contributed by atoms with Crippen LogP contribution in [0.25, 0.3) is 0 Å². The van der Waals surface area contributed by atoms with Crippen LogP contribution in [0.2, 0.25) is 0 Å². The molecule has 1 heterocycles. The van der Waals surface area contributed by atoms with Crippen molar-refractivity contribution in [2.75, 3.05) is 0 Å². The lowest BCUT2D eigenvalue weighted by atomic mass is 10.2. The third kappa shape index (κ3) is 2.86. The van der Waals surface area contributed by atoms with Crippen LogP contribution < -0.4 is 0 Å². The van der Waals surface area contributed by atoms with Gasteiger partial charge in [-0.25, -0.2) is 0 Å². The zero-order valence-electron chi connectivity index (χ0n) is 8.13. The molecule has 0 spiro atoms. The molecule has 0 bridgehead atoms. The fraction of sp³-hybridized carbons (Fsp3) is 0.400. The number of nitrogens with zero attached hydrogens (tertiary/aromatic N) is 1. The average molecular weight is 179 g/mol. The van der Waals surface area contributed by atoms with Gasteiger partial charge in [0.05, 0.1) is 0 Å². The van der Waals surface area contributed by atoms with E-state index >= 15 is 0 Å². The second-order valence-electron chi connectivity index (χ2n) is 3.03. The highest BCUT2D eigenvalue weighted by atomic mass is 16.5. The molecule has 13 heavy (non-hydrogen) atoms. The first-order valence-corrected chi connectivity index (χ1v) is 4.15. The lowest BCUT2D eigenvalue weighted by Crippen LogP contribution is -2.00. The molecule has 0 saturated carbocycles. The SMILES string of the molecule is CC(=O)OCc1cnc(C)c(C)c1. The first-order valence-electron chi connectivity index (χ1n) is 4.15. The number of carbonyl (C=O) groups excluding carboxylic acids is 1. The summed E-state index contributed by atoms with van der Waals surface area (Å²) >= 11 is 0. The topological polar surface area (TPSA) is 39.2 Å². The van der Waals surface area contributed by atoms with Gasteiger partial charge in [0.15, 0.2) is 0 Å². The molecule has 0 fully saturated rings. The highest BCUT2D eigenvalue weighted by Gasteiger charge is 1.99. The van der Waals surface area contributed by atoms with Crippen molar-refractivity contribution < 1.29 is 9.53 Å². The fourth-order valence-corrected chi connectivity index (χ4v) is 0.965. The molecule has 0 amide bonds. The monoisotopic (exact) mass is 179 g/mol. The first-order chi connectivity index (χ1) is 6.09. The summed E-state index contributed by atoms with van der Waals surface area (Å²) in [4.78, 5) is 14.7. The Bertz CT molecular complexity index is 321. The Balaban J connectivity index is 2.68. The van der Waals surface area contributed by atoms with E-state index in [2.05, 4.69) is 4.98 Å². The minimum atomic E-state index is -0.266. The van der Waals surface area contributed by atoms with Gasteiger partial charge in [-0.2, -0.15) is 0 Å². The second kappa shape index (κ2) is 4.03. The summed E-state index contributed by atoms with van der Waals surface area (Å²) in [6, 6.07) is 1.98. The van der Waals surface area contributed by atoms with E-state index in [1.165, 1.54) is 6.92 Å². The summed E-state index contributed by atoms with van der Waals surface area (Å²) in [5, 5.41) is 0. The summed E-state index contributed by atoms with van der Waals surface area (Å²) in [6.07, 6.45) is 1.73. The smallest absolute Gasteiger partial charge is 0.302 e. The molecule has 0 aliphatic rings. The van der Waals surface area contributed by atoms with Crippen molar-refractivity contribution in [2.45, 2.75) is 27.4 Å². The van der Waals surface area contributed by atoms with E-state index < -0.39 is 0 Å². The minimum Gasteiger partial charge on any atom is -0.461 e. The van der Waals surface area contributed by atoms with Crippen molar-refractivity contribution >= 4 is 5.97 Å². The van der Waals surface area contributed by atoms with Crippen LogP contribution in [0.5, 0.6) is 0 Å². The first kappa shape index (κ1) is 9.71. The number of hydrogen-bond acceptors (Lipinski definition) is 3. The maximum Gasteiger partial charge on any atom is 0.302 e. The van der Waals surface area contributed by atoms with E-state index in [4.69, 9.17) is 4.74 Å². The maximum atomic E-state index is 10.5. The number of carbonyl (C=O) groups is 1. The number of aryl methyl sites for hydroxylation is 2. The van der Waals surface area contributed by atoms with E-state index in [-0.39, 0.29) is 5.97 Å². The zero-order chi connectivity index (χ0) is 9.84. The van der Waals surface area contributed by atoms with Crippen LogP contribution in [0, 0.1) is 13.8 Å². The summed E-state index contributed by atoms with van der Waals surface area (Å²) < 4.78 is 4.84. The van der Waals surface area contributed by atoms with E-state index in [0.29, 0.717) is 6.61 Å². The Morgan fingerprint density at radius 1 is 1.54 bits per heavy atom. The van der Waals surface area contributed by atoms with E-state index in [0.717, 1.165) is 16.8 Å². The van der Waals surface area contributed by atoms with Crippen LogP contribution in [0.1, 0.15) is 23.7 Å². The molecule has 0 atom stereocenters. The molecule has 0 saturated heterocycles. The summed E-state index contributed by atoms with van der Waals surface area (Å²) in [7, 11) is 0. The van der Waals surface area contributed by atoms with Crippen molar-refractivity contribution in [3.8, 4) is 0 Å². The average Bonchev–Trinajstić information content (AvgIpc) is 2.07. The molecule has 0 aliphatic carbocycles. The number of esters is 1. The van der Waals surface area contributed by atoms with Crippen molar-refractivity contribution in [1.29, 1.82) is 0 Å². The highest BCUT2D eigenvalue weighted by Crippen LogP contribution is 2.07. The molecular formula is C10H13NO2. The van der Waals surface area contributed by atoms with Crippen molar-refractivity contribution in [1.82, 2.24) is 4.98 Å². The van der Waals surface area contributed by atoms with Gasteiger partial charge in [-0.1, -0.05) is 0 Å². The Kier molecular flexibility index (Phi) is 3.01. The molecule has 0 aliphatic heterocycles. The van der Waals surface area contributed by atoms with Crippen LogP contribution in [-0.4, -0.2) is 11.0 Å². The fourth-order valence-electron chi connectivity index (χ4n) is 0.965. The van der Waals surface area contributed by atoms with Crippen LogP contribution in [-0.2, 0) is 16.1 Å². The summed E-state index contributed by atoms with van der Waals surface area (Å²) in [6.45, 7) is 5.64. The van der Waals surface area contributed by atoms with Gasteiger partial charge in [0.25, 0.3) is 0 Å². The molecule has 0 unspecified atom stereocenters. The van der Waals surface area contributed by atoms with Crippen LogP contribution in [0.15, 0.2) is 12.3 Å². The predicted octanol–water partition coefficient (Wildman–Crippen LogP) is 1.76. The van der Waals surface area contributed by atoms with E-state index in [9.17, 15) is 4.79 Å². The number of rotatable bonds is 2. The van der Waals surface area contributed by atoms with Gasteiger partial charge in [0.1, 0.15) is 6.61 Å². The van der Waals surface area contributed by atoms with Crippen molar-refractivity contribution in [3.63, 3.8) is 0 Å². The number of aromatic nitrogens is 1. The highest BCUT2D eigenvalue weighted by molar-refractivity contribution is 5.65. The largest absolute Gasteiger partial charge is 0.461 e. The molecule has 1 aromatic heterocycles. The van der Waals surface area contributed by atoms with Crippen LogP contribution in [0.3, 0.4) is 0 Å². The van der Waals surface area contributed by atoms with Gasteiger partial charge in [-0.05, 0) is 25.5 Å². The maximum absolute atomic E-state index is 10.5.